The van der Waals surface area contributed by atoms with Gasteiger partial charge in [-0.15, -0.1) is 11.6 Å². The molecule has 1 aliphatic heterocycles. The highest BCUT2D eigenvalue weighted by atomic mass is 35.5. The molecule has 0 saturated heterocycles. The maximum Gasteiger partial charge on any atom is 0.109 e. The Balaban J connectivity index is 2.59. The number of nitrogens with zero attached hydrogens (tertiary/aromatic N) is 2. The smallest absolute Gasteiger partial charge is 0.109 e. The van der Waals surface area contributed by atoms with Gasteiger partial charge in [0.05, 0.1) is 11.4 Å². The van der Waals surface area contributed by atoms with Crippen molar-refractivity contribution < 1.29 is 0 Å². The van der Waals surface area contributed by atoms with Crippen LogP contribution >= 0.6 is 11.6 Å². The molecule has 1 rings (SSSR count). The SMILES string of the molecule is C[C@@H]1N=CN=C[C@@H]1Cl. The number of rotatable bonds is 0. The van der Waals surface area contributed by atoms with Crippen LogP contribution in [0.5, 0.6) is 0 Å². The van der Waals surface area contributed by atoms with E-state index in [2.05, 4.69) is 9.98 Å². The topological polar surface area (TPSA) is 24.7 Å². The van der Waals surface area contributed by atoms with Crippen LogP contribution in [0.15, 0.2) is 9.98 Å². The molecule has 3 heteroatoms. The number of hydrogen-bond acceptors (Lipinski definition) is 2. The molecular formula is C5H7ClN2. The molecule has 8 heavy (non-hydrogen) atoms. The van der Waals surface area contributed by atoms with Crippen molar-refractivity contribution >= 4 is 24.2 Å². The van der Waals surface area contributed by atoms with Gasteiger partial charge in [-0.1, -0.05) is 0 Å². The van der Waals surface area contributed by atoms with Gasteiger partial charge in [0, 0.05) is 6.21 Å². The second-order valence-corrected chi connectivity index (χ2v) is 2.25. The van der Waals surface area contributed by atoms with Crippen LogP contribution in [0.1, 0.15) is 6.92 Å². The Bertz CT molecular complexity index is 114. The van der Waals surface area contributed by atoms with E-state index in [0.29, 0.717) is 0 Å². The van der Waals surface area contributed by atoms with E-state index in [1.54, 1.807) is 6.21 Å². The molecule has 0 radical (unpaired) electrons. The minimum atomic E-state index is -0.0139. The molecule has 0 aromatic heterocycles. The molecule has 0 spiro atoms. The molecule has 0 aromatic carbocycles. The molecule has 0 amide bonds. The molecule has 1 heterocycles. The van der Waals surface area contributed by atoms with Crippen LogP contribution in [-0.4, -0.2) is 24.0 Å². The van der Waals surface area contributed by atoms with Gasteiger partial charge in [-0.05, 0) is 6.92 Å². The van der Waals surface area contributed by atoms with Gasteiger partial charge in [0.1, 0.15) is 6.34 Å². The quantitative estimate of drug-likeness (QED) is 0.439. The standard InChI is InChI=1S/C5H7ClN2/c1-4-5(6)2-7-3-8-4/h2-5H,1H3/t4-,5-/m0/s1. The minimum absolute atomic E-state index is 0.0139. The molecule has 1 aliphatic rings. The molecule has 2 atom stereocenters. The molecule has 0 aliphatic carbocycles. The van der Waals surface area contributed by atoms with Gasteiger partial charge >= 0.3 is 0 Å². The zero-order valence-electron chi connectivity index (χ0n) is 4.58. The molecule has 0 unspecified atom stereocenters. The summed E-state index contributed by atoms with van der Waals surface area (Å²) in [5.41, 5.74) is 0. The molecule has 0 N–H and O–H groups in total. The summed E-state index contributed by atoms with van der Waals surface area (Å²) in [6.07, 6.45) is 3.22. The van der Waals surface area contributed by atoms with Crippen molar-refractivity contribution in [2.45, 2.75) is 18.3 Å². The highest BCUT2D eigenvalue weighted by molar-refractivity contribution is 6.29. The summed E-state index contributed by atoms with van der Waals surface area (Å²) in [6.45, 7) is 1.96. The third kappa shape index (κ3) is 1.07. The predicted octanol–water partition coefficient (Wildman–Crippen LogP) is 1.09. The summed E-state index contributed by atoms with van der Waals surface area (Å²) < 4.78 is 0. The van der Waals surface area contributed by atoms with Crippen molar-refractivity contribution in [3.05, 3.63) is 0 Å². The van der Waals surface area contributed by atoms with Gasteiger partial charge < -0.3 is 0 Å². The van der Waals surface area contributed by atoms with Crippen molar-refractivity contribution in [1.82, 2.24) is 0 Å². The van der Waals surface area contributed by atoms with Crippen LogP contribution in [0.3, 0.4) is 0 Å². The Kier molecular flexibility index (Phi) is 1.63. The first-order chi connectivity index (χ1) is 3.80. The van der Waals surface area contributed by atoms with E-state index < -0.39 is 0 Å². The van der Waals surface area contributed by atoms with Crippen molar-refractivity contribution in [3.8, 4) is 0 Å². The van der Waals surface area contributed by atoms with E-state index >= 15 is 0 Å². The summed E-state index contributed by atoms with van der Waals surface area (Å²) >= 11 is 5.70. The van der Waals surface area contributed by atoms with Crippen LogP contribution < -0.4 is 0 Å². The lowest BCUT2D eigenvalue weighted by Gasteiger charge is -2.09. The summed E-state index contributed by atoms with van der Waals surface area (Å²) in [4.78, 5) is 7.72. The van der Waals surface area contributed by atoms with Crippen LogP contribution in [0.4, 0.5) is 0 Å². The van der Waals surface area contributed by atoms with Crippen LogP contribution in [0, 0.1) is 0 Å². The zero-order chi connectivity index (χ0) is 5.98. The van der Waals surface area contributed by atoms with E-state index in [-0.39, 0.29) is 11.4 Å². The third-order valence-electron chi connectivity index (χ3n) is 1.06. The normalized spacial score (nSPS) is 35.8. The molecule has 0 aromatic rings. The van der Waals surface area contributed by atoms with E-state index in [4.69, 9.17) is 11.6 Å². The average molecular weight is 131 g/mol. The van der Waals surface area contributed by atoms with Gasteiger partial charge in [-0.25, -0.2) is 4.99 Å². The molecule has 0 fully saturated rings. The van der Waals surface area contributed by atoms with Gasteiger partial charge in [0.25, 0.3) is 0 Å². The number of alkyl halides is 1. The Morgan fingerprint density at radius 1 is 1.62 bits per heavy atom. The molecule has 2 nitrogen and oxygen atoms in total. The summed E-state index contributed by atoms with van der Waals surface area (Å²) in [5, 5.41) is -0.0139. The maximum atomic E-state index is 5.70. The number of hydrogen-bond donors (Lipinski definition) is 0. The van der Waals surface area contributed by atoms with Gasteiger partial charge in [0.2, 0.25) is 0 Å². The van der Waals surface area contributed by atoms with Crippen molar-refractivity contribution in [3.63, 3.8) is 0 Å². The van der Waals surface area contributed by atoms with E-state index in [9.17, 15) is 0 Å². The largest absolute Gasteiger partial charge is 0.269 e. The van der Waals surface area contributed by atoms with Gasteiger partial charge in [-0.2, -0.15) is 0 Å². The monoisotopic (exact) mass is 130 g/mol. The fourth-order valence-corrected chi connectivity index (χ4v) is 0.601. The Labute approximate surface area is 53.3 Å². The number of aliphatic imine (C=N–C) groups is 2. The summed E-state index contributed by atoms with van der Waals surface area (Å²) in [5.74, 6) is 0. The third-order valence-corrected chi connectivity index (χ3v) is 1.54. The minimum Gasteiger partial charge on any atom is -0.269 e. The Hall–Kier alpha value is -0.370. The van der Waals surface area contributed by atoms with Crippen molar-refractivity contribution in [2.24, 2.45) is 9.98 Å². The second-order valence-electron chi connectivity index (χ2n) is 1.75. The van der Waals surface area contributed by atoms with Crippen LogP contribution in [0.2, 0.25) is 0 Å². The fourth-order valence-electron chi connectivity index (χ4n) is 0.471. The number of halogens is 1. The first kappa shape index (κ1) is 5.76. The van der Waals surface area contributed by atoms with Crippen LogP contribution in [-0.2, 0) is 0 Å². The van der Waals surface area contributed by atoms with Crippen molar-refractivity contribution in [2.75, 3.05) is 0 Å². The van der Waals surface area contributed by atoms with E-state index in [1.807, 2.05) is 6.92 Å². The second kappa shape index (κ2) is 2.27. The lowest BCUT2D eigenvalue weighted by Crippen LogP contribution is -2.19. The average Bonchev–Trinajstić information content (AvgIpc) is 1.77. The van der Waals surface area contributed by atoms with Crippen molar-refractivity contribution in [1.29, 1.82) is 0 Å². The highest BCUT2D eigenvalue weighted by Gasteiger charge is 2.10. The first-order valence-electron chi connectivity index (χ1n) is 2.50. The Morgan fingerprint density at radius 3 is 2.75 bits per heavy atom. The highest BCUT2D eigenvalue weighted by Crippen LogP contribution is 2.05. The molecule has 0 saturated carbocycles. The molecule has 0 bridgehead atoms. The molecule has 44 valence electrons. The lowest BCUT2D eigenvalue weighted by molar-refractivity contribution is 0.789. The lowest BCUT2D eigenvalue weighted by atomic mass is 10.2. The summed E-state index contributed by atoms with van der Waals surface area (Å²) in [7, 11) is 0. The van der Waals surface area contributed by atoms with Crippen LogP contribution in [0.25, 0.3) is 0 Å². The maximum absolute atomic E-state index is 5.70. The van der Waals surface area contributed by atoms with Gasteiger partial charge in [-0.3, -0.25) is 4.99 Å². The van der Waals surface area contributed by atoms with E-state index in [0.717, 1.165) is 0 Å². The fraction of sp³-hybridized carbons (Fsp3) is 0.600. The predicted molar refractivity (Wildman–Crippen MR) is 36.1 cm³/mol. The molecular weight excluding hydrogens is 124 g/mol. The zero-order valence-corrected chi connectivity index (χ0v) is 5.34. The van der Waals surface area contributed by atoms with E-state index in [1.165, 1.54) is 6.34 Å². The summed E-state index contributed by atoms with van der Waals surface area (Å²) in [6, 6.07) is 0.189. The van der Waals surface area contributed by atoms with Gasteiger partial charge in [0.15, 0.2) is 0 Å². The Morgan fingerprint density at radius 2 is 2.38 bits per heavy atom. The first-order valence-corrected chi connectivity index (χ1v) is 2.93.